The monoisotopic (exact) mass is 522 g/mol. The molecule has 1 aromatic heterocycles. The van der Waals surface area contributed by atoms with Crippen molar-refractivity contribution >= 4 is 28.5 Å². The predicted octanol–water partition coefficient (Wildman–Crippen LogP) is 6.18. The second-order valence-electron chi connectivity index (χ2n) is 9.03. The first-order valence-corrected chi connectivity index (χ1v) is 12.6. The second-order valence-corrected chi connectivity index (χ2v) is 9.40. The molecule has 1 heterocycles. The van der Waals surface area contributed by atoms with Gasteiger partial charge < -0.3 is 14.0 Å². The van der Waals surface area contributed by atoms with Gasteiger partial charge in [-0.2, -0.15) is 0 Å². The van der Waals surface area contributed by atoms with Gasteiger partial charge in [-0.3, -0.25) is 4.79 Å². The third-order valence-electron chi connectivity index (χ3n) is 6.40. The van der Waals surface area contributed by atoms with E-state index in [1.807, 2.05) is 47.0 Å². The first kappa shape index (κ1) is 26.5. The van der Waals surface area contributed by atoms with E-state index in [-0.39, 0.29) is 24.2 Å². The number of amides is 1. The van der Waals surface area contributed by atoms with E-state index in [1.165, 1.54) is 6.07 Å². The number of imidazole rings is 1. The molecule has 4 aromatic rings. The molecule has 0 aliphatic rings. The molecule has 0 saturated carbocycles. The Morgan fingerprint density at radius 1 is 1.05 bits per heavy atom. The Kier molecular flexibility index (Phi) is 8.66. The van der Waals surface area contributed by atoms with Crippen molar-refractivity contribution in [3.8, 4) is 11.5 Å². The Labute approximate surface area is 221 Å². The number of hydrogen-bond acceptors (Lipinski definition) is 4. The number of methoxy groups -OCH3 is 2. The highest BCUT2D eigenvalue weighted by molar-refractivity contribution is 6.33. The molecule has 1 unspecified atom stereocenters. The number of carbonyl (C=O) groups is 1. The predicted molar refractivity (Wildman–Crippen MR) is 143 cm³/mol. The lowest BCUT2D eigenvalue weighted by Gasteiger charge is -2.16. The second kappa shape index (κ2) is 12.1. The largest absolute Gasteiger partial charge is 0.493 e. The van der Waals surface area contributed by atoms with E-state index < -0.39 is 0 Å². The molecule has 1 amide bonds. The fourth-order valence-electron chi connectivity index (χ4n) is 4.39. The molecule has 0 spiro atoms. The van der Waals surface area contributed by atoms with E-state index in [2.05, 4.69) is 17.2 Å². The van der Waals surface area contributed by atoms with Crippen LogP contribution in [0.5, 0.6) is 11.5 Å². The van der Waals surface area contributed by atoms with E-state index in [0.29, 0.717) is 53.7 Å². The molecule has 1 atom stereocenters. The fraction of sp³-hybridized carbons (Fsp3) is 0.310. The number of nitrogens with zero attached hydrogens (tertiary/aromatic N) is 3. The lowest BCUT2D eigenvalue weighted by atomic mass is 9.96. The SMILES string of the molecule is COc1ccc(CC(C)CCC(=O)[N]Cc2nc3ccccc3n2Cc2ccccc2F)c(Cl)c1OC. The van der Waals surface area contributed by atoms with Gasteiger partial charge in [-0.05, 0) is 48.6 Å². The van der Waals surface area contributed by atoms with Crippen LogP contribution in [-0.4, -0.2) is 29.7 Å². The molecule has 0 bridgehead atoms. The summed E-state index contributed by atoms with van der Waals surface area (Å²) in [5.74, 6) is 1.47. The summed E-state index contributed by atoms with van der Waals surface area (Å²) in [6.07, 6.45) is 1.68. The van der Waals surface area contributed by atoms with E-state index in [9.17, 15) is 9.18 Å². The van der Waals surface area contributed by atoms with Crippen LogP contribution in [0.25, 0.3) is 11.0 Å². The van der Waals surface area contributed by atoms with Crippen molar-refractivity contribution in [1.82, 2.24) is 14.9 Å². The smallest absolute Gasteiger partial charge is 0.241 e. The van der Waals surface area contributed by atoms with Crippen molar-refractivity contribution in [2.24, 2.45) is 5.92 Å². The number of hydrogen-bond donors (Lipinski definition) is 0. The number of ether oxygens (including phenoxy) is 2. The summed E-state index contributed by atoms with van der Waals surface area (Å²) in [5.41, 5.74) is 3.17. The first-order valence-electron chi connectivity index (χ1n) is 12.2. The molecule has 3 aromatic carbocycles. The highest BCUT2D eigenvalue weighted by atomic mass is 35.5. The zero-order chi connectivity index (χ0) is 26.4. The van der Waals surface area contributed by atoms with Crippen LogP contribution in [0.3, 0.4) is 0 Å². The number of fused-ring (bicyclic) bond motifs is 1. The third-order valence-corrected chi connectivity index (χ3v) is 6.82. The Morgan fingerprint density at radius 3 is 2.57 bits per heavy atom. The normalized spacial score (nSPS) is 11.9. The number of aromatic nitrogens is 2. The molecule has 0 N–H and O–H groups in total. The zero-order valence-electron chi connectivity index (χ0n) is 21.2. The first-order chi connectivity index (χ1) is 17.9. The molecule has 4 rings (SSSR count). The Morgan fingerprint density at radius 2 is 1.81 bits per heavy atom. The van der Waals surface area contributed by atoms with Crippen molar-refractivity contribution in [3.63, 3.8) is 0 Å². The van der Waals surface area contributed by atoms with Gasteiger partial charge in [0, 0.05) is 12.0 Å². The van der Waals surface area contributed by atoms with Crippen molar-refractivity contribution in [3.05, 3.63) is 88.5 Å². The molecule has 0 aliphatic heterocycles. The van der Waals surface area contributed by atoms with Gasteiger partial charge in [0.1, 0.15) is 18.2 Å². The van der Waals surface area contributed by atoms with Gasteiger partial charge in [-0.15, -0.1) is 0 Å². The van der Waals surface area contributed by atoms with Gasteiger partial charge in [0.2, 0.25) is 5.91 Å². The number of carbonyl (C=O) groups excluding carboxylic acids is 1. The molecule has 0 aliphatic carbocycles. The molecular weight excluding hydrogens is 493 g/mol. The third kappa shape index (κ3) is 6.23. The topological polar surface area (TPSA) is 67.5 Å². The Balaban J connectivity index is 1.37. The molecule has 0 saturated heterocycles. The van der Waals surface area contributed by atoms with Crippen LogP contribution < -0.4 is 14.8 Å². The molecule has 0 fully saturated rings. The molecule has 6 nitrogen and oxygen atoms in total. The number of benzene rings is 3. The minimum Gasteiger partial charge on any atom is -0.493 e. The maximum atomic E-state index is 14.3. The van der Waals surface area contributed by atoms with Crippen LogP contribution in [0.15, 0.2) is 60.7 Å². The molecule has 1 radical (unpaired) electrons. The quantitative estimate of drug-likeness (QED) is 0.236. The van der Waals surface area contributed by atoms with Crippen LogP contribution in [0, 0.1) is 11.7 Å². The molecule has 8 heteroatoms. The number of rotatable bonds is 11. The van der Waals surface area contributed by atoms with E-state index in [1.54, 1.807) is 26.4 Å². The summed E-state index contributed by atoms with van der Waals surface area (Å²) in [7, 11) is 3.13. The van der Waals surface area contributed by atoms with Crippen molar-refractivity contribution in [2.75, 3.05) is 14.2 Å². The van der Waals surface area contributed by atoms with E-state index in [0.717, 1.165) is 16.6 Å². The summed E-state index contributed by atoms with van der Waals surface area (Å²) in [4.78, 5) is 17.3. The maximum absolute atomic E-state index is 14.3. The van der Waals surface area contributed by atoms with Gasteiger partial charge >= 0.3 is 0 Å². The highest BCUT2D eigenvalue weighted by Gasteiger charge is 2.17. The van der Waals surface area contributed by atoms with Gasteiger partial charge in [0.25, 0.3) is 0 Å². The molecular formula is C29H30ClFN3O3. The van der Waals surface area contributed by atoms with Gasteiger partial charge in [-0.25, -0.2) is 14.7 Å². The van der Waals surface area contributed by atoms with Crippen molar-refractivity contribution in [2.45, 2.75) is 39.3 Å². The summed E-state index contributed by atoms with van der Waals surface area (Å²) < 4.78 is 26.9. The minimum atomic E-state index is -0.275. The zero-order valence-corrected chi connectivity index (χ0v) is 22.0. The average Bonchev–Trinajstić information content (AvgIpc) is 3.25. The fourth-order valence-corrected chi connectivity index (χ4v) is 4.70. The maximum Gasteiger partial charge on any atom is 0.241 e. The van der Waals surface area contributed by atoms with Gasteiger partial charge in [0.15, 0.2) is 11.5 Å². The lowest BCUT2D eigenvalue weighted by molar-refractivity contribution is -0.121. The Bertz CT molecular complexity index is 1390. The van der Waals surface area contributed by atoms with Crippen LogP contribution in [0.2, 0.25) is 5.02 Å². The standard InChI is InChI=1S/C29H30ClFN3O3/c1-19(16-20-13-14-25(36-2)29(37-3)28(20)30)12-15-27(35)32-17-26-33-23-10-6-7-11-24(23)34(26)18-21-8-4-5-9-22(21)31/h4-11,13-14,19H,12,15-18H2,1-3H3. The summed E-state index contributed by atoms with van der Waals surface area (Å²) >= 11 is 6.51. The van der Waals surface area contributed by atoms with Crippen LogP contribution >= 0.6 is 11.6 Å². The highest BCUT2D eigenvalue weighted by Crippen LogP contribution is 2.38. The summed E-state index contributed by atoms with van der Waals surface area (Å²) in [6.45, 7) is 2.53. The van der Waals surface area contributed by atoms with Crippen molar-refractivity contribution < 1.29 is 18.7 Å². The van der Waals surface area contributed by atoms with Crippen LogP contribution in [-0.2, 0) is 24.3 Å². The molecule has 37 heavy (non-hydrogen) atoms. The molecule has 193 valence electrons. The lowest BCUT2D eigenvalue weighted by Crippen LogP contribution is -2.19. The summed E-state index contributed by atoms with van der Waals surface area (Å²) in [6, 6.07) is 18.1. The van der Waals surface area contributed by atoms with Gasteiger partial charge in [0.05, 0.1) is 36.8 Å². The van der Waals surface area contributed by atoms with E-state index in [4.69, 9.17) is 21.1 Å². The van der Waals surface area contributed by atoms with Gasteiger partial charge in [-0.1, -0.05) is 54.9 Å². The van der Waals surface area contributed by atoms with E-state index >= 15 is 0 Å². The number of para-hydroxylation sites is 2. The van der Waals surface area contributed by atoms with Crippen LogP contribution in [0.4, 0.5) is 4.39 Å². The Hall–Kier alpha value is -3.58. The average molecular weight is 523 g/mol. The summed E-state index contributed by atoms with van der Waals surface area (Å²) in [5, 5.41) is 4.81. The van der Waals surface area contributed by atoms with Crippen LogP contribution in [0.1, 0.15) is 36.7 Å². The minimum absolute atomic E-state index is 0.137. The number of halogens is 2. The van der Waals surface area contributed by atoms with Crippen molar-refractivity contribution in [1.29, 1.82) is 0 Å².